The van der Waals surface area contributed by atoms with Gasteiger partial charge in [0.2, 0.25) is 0 Å². The maximum absolute atomic E-state index is 12.1. The van der Waals surface area contributed by atoms with Gasteiger partial charge in [-0.25, -0.2) is 0 Å². The maximum atomic E-state index is 12.1. The fourth-order valence-electron chi connectivity index (χ4n) is 2.17. The van der Waals surface area contributed by atoms with Crippen molar-refractivity contribution in [3.05, 3.63) is 59.4 Å². The molecule has 2 aromatic heterocycles. The lowest BCUT2D eigenvalue weighted by molar-refractivity contribution is 0.102. The zero-order valence-electron chi connectivity index (χ0n) is 11.8. The number of aromatic nitrogens is 3. The van der Waals surface area contributed by atoms with E-state index in [1.807, 2.05) is 37.3 Å². The van der Waals surface area contributed by atoms with E-state index in [4.69, 9.17) is 5.26 Å². The molecule has 0 atom stereocenters. The van der Waals surface area contributed by atoms with E-state index < -0.39 is 0 Å². The van der Waals surface area contributed by atoms with Crippen molar-refractivity contribution in [2.45, 2.75) is 6.92 Å². The number of aromatic amines is 2. The number of rotatable bonds is 3. The van der Waals surface area contributed by atoms with Crippen LogP contribution in [0.1, 0.15) is 21.6 Å². The number of benzene rings is 1. The van der Waals surface area contributed by atoms with E-state index in [1.165, 1.54) is 12.3 Å². The molecule has 0 bridgehead atoms. The number of nitrogens with zero attached hydrogens (tertiary/aromatic N) is 2. The summed E-state index contributed by atoms with van der Waals surface area (Å²) in [4.78, 5) is 14.8. The van der Waals surface area contributed by atoms with E-state index in [1.54, 1.807) is 6.07 Å². The van der Waals surface area contributed by atoms with Crippen LogP contribution in [-0.4, -0.2) is 21.1 Å². The zero-order chi connectivity index (χ0) is 15.5. The van der Waals surface area contributed by atoms with E-state index in [0.29, 0.717) is 17.1 Å². The smallest absolute Gasteiger partial charge is 0.273 e. The van der Waals surface area contributed by atoms with Crippen LogP contribution >= 0.6 is 0 Å². The highest BCUT2D eigenvalue weighted by atomic mass is 16.1. The molecule has 1 aromatic carbocycles. The lowest BCUT2D eigenvalue weighted by atomic mass is 10.1. The third kappa shape index (κ3) is 2.60. The number of nitriles is 1. The van der Waals surface area contributed by atoms with Crippen molar-refractivity contribution < 1.29 is 4.79 Å². The molecule has 0 saturated carbocycles. The summed E-state index contributed by atoms with van der Waals surface area (Å²) in [6.07, 6.45) is 1.48. The van der Waals surface area contributed by atoms with Gasteiger partial charge >= 0.3 is 0 Å². The molecule has 0 fully saturated rings. The lowest BCUT2D eigenvalue weighted by Crippen LogP contribution is -2.12. The molecule has 0 aliphatic rings. The lowest BCUT2D eigenvalue weighted by Gasteiger charge is -2.01. The van der Waals surface area contributed by atoms with Crippen LogP contribution < -0.4 is 5.32 Å². The molecule has 3 rings (SSSR count). The van der Waals surface area contributed by atoms with E-state index in [2.05, 4.69) is 20.5 Å². The molecule has 6 nitrogen and oxygen atoms in total. The number of carbonyl (C=O) groups is 1. The van der Waals surface area contributed by atoms with Gasteiger partial charge in [-0.2, -0.15) is 10.4 Å². The summed E-state index contributed by atoms with van der Waals surface area (Å²) in [5.41, 5.74) is 3.71. The molecular weight excluding hydrogens is 278 g/mol. The molecule has 6 heteroatoms. The average molecular weight is 291 g/mol. The van der Waals surface area contributed by atoms with Gasteiger partial charge in [-0.15, -0.1) is 0 Å². The summed E-state index contributed by atoms with van der Waals surface area (Å²) in [5, 5.41) is 18.4. The summed E-state index contributed by atoms with van der Waals surface area (Å²) in [6, 6.07) is 13.1. The van der Waals surface area contributed by atoms with Gasteiger partial charge < -0.3 is 10.3 Å². The maximum Gasteiger partial charge on any atom is 0.273 e. The summed E-state index contributed by atoms with van der Waals surface area (Å²) in [6.45, 7) is 2.01. The molecular formula is C16H13N5O. The van der Waals surface area contributed by atoms with E-state index in [-0.39, 0.29) is 5.91 Å². The molecule has 0 aliphatic carbocycles. The minimum Gasteiger partial charge on any atom is -0.356 e. The molecule has 0 radical (unpaired) electrons. The number of H-pyrrole nitrogens is 2. The van der Waals surface area contributed by atoms with Crippen LogP contribution in [0, 0.1) is 18.3 Å². The van der Waals surface area contributed by atoms with Crippen molar-refractivity contribution >= 4 is 11.7 Å². The summed E-state index contributed by atoms with van der Waals surface area (Å²) >= 11 is 0. The Bertz CT molecular complexity index is 869. The van der Waals surface area contributed by atoms with Crippen molar-refractivity contribution in [2.24, 2.45) is 0 Å². The van der Waals surface area contributed by atoms with Crippen LogP contribution in [0.3, 0.4) is 0 Å². The van der Waals surface area contributed by atoms with Gasteiger partial charge in [-0.3, -0.25) is 9.89 Å². The summed E-state index contributed by atoms with van der Waals surface area (Å²) in [7, 11) is 0. The molecule has 0 unspecified atom stereocenters. The number of nitrogens with one attached hydrogen (secondary N) is 3. The van der Waals surface area contributed by atoms with Crippen LogP contribution in [0.15, 0.2) is 42.6 Å². The monoisotopic (exact) mass is 291 g/mol. The Balaban J connectivity index is 1.79. The van der Waals surface area contributed by atoms with Crippen molar-refractivity contribution in [1.29, 1.82) is 5.26 Å². The predicted octanol–water partition coefficient (Wildman–Crippen LogP) is 2.84. The van der Waals surface area contributed by atoms with Gasteiger partial charge in [0, 0.05) is 17.8 Å². The Kier molecular flexibility index (Phi) is 3.46. The molecule has 108 valence electrons. The molecule has 1 amide bonds. The highest BCUT2D eigenvalue weighted by Gasteiger charge is 2.12. The molecule has 0 saturated heterocycles. The van der Waals surface area contributed by atoms with Crippen LogP contribution in [0.4, 0.5) is 5.82 Å². The van der Waals surface area contributed by atoms with Crippen molar-refractivity contribution in [2.75, 3.05) is 5.32 Å². The van der Waals surface area contributed by atoms with Crippen molar-refractivity contribution in [3.63, 3.8) is 0 Å². The Morgan fingerprint density at radius 1 is 1.32 bits per heavy atom. The van der Waals surface area contributed by atoms with E-state index in [0.717, 1.165) is 16.8 Å². The minimum atomic E-state index is -0.343. The van der Waals surface area contributed by atoms with Gasteiger partial charge in [0.1, 0.15) is 11.8 Å². The first-order chi connectivity index (χ1) is 10.7. The largest absolute Gasteiger partial charge is 0.356 e. The first-order valence-corrected chi connectivity index (χ1v) is 6.68. The second kappa shape index (κ2) is 5.58. The van der Waals surface area contributed by atoms with Crippen molar-refractivity contribution in [3.8, 4) is 17.3 Å². The van der Waals surface area contributed by atoms with E-state index in [9.17, 15) is 4.79 Å². The Morgan fingerprint density at radius 2 is 2.14 bits per heavy atom. The number of hydrogen-bond donors (Lipinski definition) is 3. The number of amides is 1. The normalized spacial score (nSPS) is 10.2. The summed E-state index contributed by atoms with van der Waals surface area (Å²) < 4.78 is 0. The highest BCUT2D eigenvalue weighted by Crippen LogP contribution is 2.23. The molecule has 3 aromatic rings. The van der Waals surface area contributed by atoms with Crippen LogP contribution in [0.2, 0.25) is 0 Å². The summed E-state index contributed by atoms with van der Waals surface area (Å²) in [5.74, 6) is 0.0840. The predicted molar refractivity (Wildman–Crippen MR) is 82.2 cm³/mol. The second-order valence-electron chi connectivity index (χ2n) is 4.85. The van der Waals surface area contributed by atoms with Gasteiger partial charge in [0.05, 0.1) is 11.3 Å². The first-order valence-electron chi connectivity index (χ1n) is 6.68. The molecule has 2 heterocycles. The quantitative estimate of drug-likeness (QED) is 0.692. The number of aryl methyl sites for hydroxylation is 1. The second-order valence-corrected chi connectivity index (χ2v) is 4.85. The SMILES string of the molecule is Cc1ccccc1-c1cc(NC(=O)c2cc(C#N)c[nH]2)n[nH]1. The van der Waals surface area contributed by atoms with E-state index >= 15 is 0 Å². The van der Waals surface area contributed by atoms with Crippen LogP contribution in [-0.2, 0) is 0 Å². The highest BCUT2D eigenvalue weighted by molar-refractivity contribution is 6.02. The van der Waals surface area contributed by atoms with Gasteiger partial charge in [-0.05, 0) is 18.6 Å². The molecule has 0 spiro atoms. The number of carbonyl (C=O) groups excluding carboxylic acids is 1. The Morgan fingerprint density at radius 3 is 2.86 bits per heavy atom. The number of anilines is 1. The van der Waals surface area contributed by atoms with Crippen LogP contribution in [0.25, 0.3) is 11.3 Å². The molecule has 0 aliphatic heterocycles. The molecule has 22 heavy (non-hydrogen) atoms. The standard InChI is InChI=1S/C16H13N5O/c1-10-4-2-3-5-12(10)13-7-15(21-20-13)19-16(22)14-6-11(8-17)9-18-14/h2-7,9,18H,1H3,(H2,19,20,21,22). The Hall–Kier alpha value is -3.33. The molecule has 3 N–H and O–H groups in total. The third-order valence-electron chi connectivity index (χ3n) is 3.31. The zero-order valence-corrected chi connectivity index (χ0v) is 11.8. The fourth-order valence-corrected chi connectivity index (χ4v) is 2.17. The van der Waals surface area contributed by atoms with Crippen LogP contribution in [0.5, 0.6) is 0 Å². The first kappa shape index (κ1) is 13.6. The Labute approximate surface area is 126 Å². The fraction of sp³-hybridized carbons (Fsp3) is 0.0625. The van der Waals surface area contributed by atoms with Gasteiger partial charge in [0.15, 0.2) is 5.82 Å². The third-order valence-corrected chi connectivity index (χ3v) is 3.31. The van der Waals surface area contributed by atoms with Gasteiger partial charge in [0.25, 0.3) is 5.91 Å². The van der Waals surface area contributed by atoms with Gasteiger partial charge in [-0.1, -0.05) is 24.3 Å². The van der Waals surface area contributed by atoms with Crippen molar-refractivity contribution in [1.82, 2.24) is 15.2 Å². The number of hydrogen-bond acceptors (Lipinski definition) is 3. The minimum absolute atomic E-state index is 0.317. The topological polar surface area (TPSA) is 97.4 Å². The average Bonchev–Trinajstić information content (AvgIpc) is 3.16.